The van der Waals surface area contributed by atoms with E-state index in [1.54, 1.807) is 24.0 Å². The van der Waals surface area contributed by atoms with Gasteiger partial charge in [-0.25, -0.2) is 0 Å². The molecule has 88 valence electrons. The molecule has 4 nitrogen and oxygen atoms in total. The average Bonchev–Trinajstić information content (AvgIpc) is 2.64. The summed E-state index contributed by atoms with van der Waals surface area (Å²) in [6.45, 7) is 2.02. The van der Waals surface area contributed by atoms with Gasteiger partial charge in [-0.3, -0.25) is 9.48 Å². The maximum absolute atomic E-state index is 11.8. The Morgan fingerprint density at radius 3 is 2.88 bits per heavy atom. The number of hydrogen-bond donors (Lipinski definition) is 1. The Morgan fingerprint density at radius 2 is 2.24 bits per heavy atom. The van der Waals surface area contributed by atoms with Gasteiger partial charge in [0.2, 0.25) is 5.91 Å². The summed E-state index contributed by atoms with van der Waals surface area (Å²) in [6, 6.07) is 9.72. The van der Waals surface area contributed by atoms with Crippen molar-refractivity contribution in [3.8, 4) is 0 Å². The highest BCUT2D eigenvalue weighted by molar-refractivity contribution is 5.91. The number of nitrogens with zero attached hydrogens (tertiary/aromatic N) is 2. The Hall–Kier alpha value is -2.10. The van der Waals surface area contributed by atoms with Crippen LogP contribution in [0.2, 0.25) is 0 Å². The molecule has 4 heteroatoms. The molecule has 0 fully saturated rings. The first kappa shape index (κ1) is 11.4. The molecule has 1 amide bonds. The van der Waals surface area contributed by atoms with Crippen molar-refractivity contribution in [2.45, 2.75) is 13.3 Å². The molecule has 0 spiro atoms. The standard InChI is InChI=1S/C13H15N3O/c1-10-4-3-5-11(8-10)9-13(17)15-12-6-7-14-16(12)2/h3-8H,9H2,1-2H3,(H,15,17). The summed E-state index contributed by atoms with van der Waals surface area (Å²) >= 11 is 0. The third-order valence-corrected chi connectivity index (χ3v) is 2.54. The summed E-state index contributed by atoms with van der Waals surface area (Å²) < 4.78 is 1.63. The highest BCUT2D eigenvalue weighted by Gasteiger charge is 2.06. The molecule has 0 aliphatic heterocycles. The zero-order valence-electron chi connectivity index (χ0n) is 9.97. The van der Waals surface area contributed by atoms with Crippen molar-refractivity contribution in [1.29, 1.82) is 0 Å². The third-order valence-electron chi connectivity index (χ3n) is 2.54. The van der Waals surface area contributed by atoms with Crippen LogP contribution in [-0.4, -0.2) is 15.7 Å². The molecule has 0 bridgehead atoms. The van der Waals surface area contributed by atoms with Crippen molar-refractivity contribution in [3.63, 3.8) is 0 Å². The monoisotopic (exact) mass is 229 g/mol. The smallest absolute Gasteiger partial charge is 0.229 e. The largest absolute Gasteiger partial charge is 0.311 e. The first-order valence-electron chi connectivity index (χ1n) is 5.48. The van der Waals surface area contributed by atoms with Crippen LogP contribution in [0.4, 0.5) is 5.82 Å². The van der Waals surface area contributed by atoms with E-state index in [-0.39, 0.29) is 5.91 Å². The maximum atomic E-state index is 11.8. The van der Waals surface area contributed by atoms with Gasteiger partial charge in [-0.1, -0.05) is 29.8 Å². The molecule has 1 N–H and O–H groups in total. The van der Waals surface area contributed by atoms with E-state index < -0.39 is 0 Å². The van der Waals surface area contributed by atoms with E-state index in [1.807, 2.05) is 31.2 Å². The quantitative estimate of drug-likeness (QED) is 0.874. The van der Waals surface area contributed by atoms with Crippen LogP contribution >= 0.6 is 0 Å². The number of nitrogens with one attached hydrogen (secondary N) is 1. The molecule has 2 aromatic rings. The van der Waals surface area contributed by atoms with E-state index in [2.05, 4.69) is 10.4 Å². The second kappa shape index (κ2) is 4.82. The van der Waals surface area contributed by atoms with E-state index in [0.29, 0.717) is 12.2 Å². The second-order valence-electron chi connectivity index (χ2n) is 4.05. The summed E-state index contributed by atoms with van der Waals surface area (Å²) in [7, 11) is 1.79. The first-order chi connectivity index (χ1) is 8.15. The molecule has 0 unspecified atom stereocenters. The lowest BCUT2D eigenvalue weighted by atomic mass is 10.1. The molecule has 1 aromatic carbocycles. The Bertz CT molecular complexity index is 531. The number of aryl methyl sites for hydroxylation is 2. The van der Waals surface area contributed by atoms with Crippen LogP contribution in [0.3, 0.4) is 0 Å². The number of anilines is 1. The molecule has 0 atom stereocenters. The lowest BCUT2D eigenvalue weighted by molar-refractivity contribution is -0.115. The Labute approximate surface area is 100 Å². The number of amides is 1. The van der Waals surface area contributed by atoms with E-state index in [4.69, 9.17) is 0 Å². The fraction of sp³-hybridized carbons (Fsp3) is 0.231. The molecule has 0 radical (unpaired) electrons. The van der Waals surface area contributed by atoms with Gasteiger partial charge in [-0.15, -0.1) is 0 Å². The summed E-state index contributed by atoms with van der Waals surface area (Å²) in [6.07, 6.45) is 2.04. The highest BCUT2D eigenvalue weighted by Crippen LogP contribution is 2.07. The van der Waals surface area contributed by atoms with E-state index in [9.17, 15) is 4.79 Å². The van der Waals surface area contributed by atoms with Crippen molar-refractivity contribution >= 4 is 11.7 Å². The lowest BCUT2D eigenvalue weighted by Gasteiger charge is -2.05. The van der Waals surface area contributed by atoms with Gasteiger partial charge in [0.25, 0.3) is 0 Å². The fourth-order valence-electron chi connectivity index (χ4n) is 1.69. The number of rotatable bonds is 3. The minimum atomic E-state index is -0.0285. The molecule has 0 aliphatic carbocycles. The van der Waals surface area contributed by atoms with E-state index >= 15 is 0 Å². The van der Waals surface area contributed by atoms with Crippen molar-refractivity contribution in [2.75, 3.05) is 5.32 Å². The van der Waals surface area contributed by atoms with Gasteiger partial charge in [0.15, 0.2) is 0 Å². The summed E-state index contributed by atoms with van der Waals surface area (Å²) in [5, 5.41) is 6.81. The summed E-state index contributed by atoms with van der Waals surface area (Å²) in [5.41, 5.74) is 2.18. The first-order valence-corrected chi connectivity index (χ1v) is 5.48. The maximum Gasteiger partial charge on any atom is 0.229 e. The van der Waals surface area contributed by atoms with E-state index in [1.165, 1.54) is 0 Å². The normalized spacial score (nSPS) is 10.2. The highest BCUT2D eigenvalue weighted by atomic mass is 16.1. The van der Waals surface area contributed by atoms with Crippen molar-refractivity contribution < 1.29 is 4.79 Å². The summed E-state index contributed by atoms with van der Waals surface area (Å²) in [4.78, 5) is 11.8. The number of carbonyl (C=O) groups excluding carboxylic acids is 1. The Kier molecular flexibility index (Phi) is 3.23. The zero-order valence-corrected chi connectivity index (χ0v) is 9.97. The van der Waals surface area contributed by atoms with Crippen LogP contribution in [-0.2, 0) is 18.3 Å². The average molecular weight is 229 g/mol. The van der Waals surface area contributed by atoms with Crippen LogP contribution in [0.25, 0.3) is 0 Å². The molecule has 2 rings (SSSR count). The van der Waals surface area contributed by atoms with Gasteiger partial charge in [-0.2, -0.15) is 5.10 Å². The van der Waals surface area contributed by atoms with Gasteiger partial charge in [0.1, 0.15) is 5.82 Å². The van der Waals surface area contributed by atoms with Crippen molar-refractivity contribution in [3.05, 3.63) is 47.7 Å². The van der Waals surface area contributed by atoms with Crippen LogP contribution in [0.15, 0.2) is 36.5 Å². The van der Waals surface area contributed by atoms with Crippen LogP contribution in [0.5, 0.6) is 0 Å². The molecule has 0 saturated heterocycles. The van der Waals surface area contributed by atoms with Crippen molar-refractivity contribution in [1.82, 2.24) is 9.78 Å². The number of benzene rings is 1. The predicted octanol–water partition coefficient (Wildman–Crippen LogP) is 1.91. The SMILES string of the molecule is Cc1cccc(CC(=O)Nc2ccnn2C)c1. The van der Waals surface area contributed by atoms with Gasteiger partial charge in [0, 0.05) is 13.1 Å². The molecule has 1 heterocycles. The van der Waals surface area contributed by atoms with Gasteiger partial charge in [-0.05, 0) is 12.5 Å². The second-order valence-corrected chi connectivity index (χ2v) is 4.05. The van der Waals surface area contributed by atoms with Gasteiger partial charge in [0.05, 0.1) is 12.6 Å². The Morgan fingerprint density at radius 1 is 1.41 bits per heavy atom. The molecular weight excluding hydrogens is 214 g/mol. The summed E-state index contributed by atoms with van der Waals surface area (Å²) in [5.74, 6) is 0.682. The molecule has 0 aliphatic rings. The lowest BCUT2D eigenvalue weighted by Crippen LogP contribution is -2.16. The predicted molar refractivity (Wildman–Crippen MR) is 66.7 cm³/mol. The fourth-order valence-corrected chi connectivity index (χ4v) is 1.69. The number of hydrogen-bond acceptors (Lipinski definition) is 2. The molecule has 17 heavy (non-hydrogen) atoms. The van der Waals surface area contributed by atoms with Gasteiger partial charge < -0.3 is 5.32 Å². The van der Waals surface area contributed by atoms with Crippen LogP contribution in [0.1, 0.15) is 11.1 Å². The number of aromatic nitrogens is 2. The minimum Gasteiger partial charge on any atom is -0.311 e. The topological polar surface area (TPSA) is 46.9 Å². The zero-order chi connectivity index (χ0) is 12.3. The minimum absolute atomic E-state index is 0.0285. The molecule has 0 saturated carbocycles. The van der Waals surface area contributed by atoms with Crippen LogP contribution < -0.4 is 5.32 Å². The third kappa shape index (κ3) is 2.93. The van der Waals surface area contributed by atoms with E-state index in [0.717, 1.165) is 11.1 Å². The number of carbonyl (C=O) groups is 1. The van der Waals surface area contributed by atoms with Gasteiger partial charge >= 0.3 is 0 Å². The Balaban J connectivity index is 2.01. The molecular formula is C13H15N3O. The molecule has 1 aromatic heterocycles. The van der Waals surface area contributed by atoms with Crippen LogP contribution in [0, 0.1) is 6.92 Å². The van der Waals surface area contributed by atoms with Crippen molar-refractivity contribution in [2.24, 2.45) is 7.05 Å².